The molecule has 6 nitrogen and oxygen atoms in total. The van der Waals surface area contributed by atoms with E-state index >= 15 is 0 Å². The lowest BCUT2D eigenvalue weighted by molar-refractivity contribution is -0.121. The van der Waals surface area contributed by atoms with Crippen LogP contribution in [0.15, 0.2) is 44.2 Å². The van der Waals surface area contributed by atoms with Crippen LogP contribution in [0.3, 0.4) is 0 Å². The van der Waals surface area contributed by atoms with Gasteiger partial charge >= 0.3 is 5.63 Å². The SMILES string of the molecule is Cc1oc2c(C)c3oc(=O)c(CCC(=O)NCc4cccnc4)c(C)c3cc2c1C. The molecule has 0 atom stereocenters. The third kappa shape index (κ3) is 3.49. The highest BCUT2D eigenvalue weighted by Crippen LogP contribution is 2.34. The number of aromatic nitrogens is 1. The van der Waals surface area contributed by atoms with Crippen molar-refractivity contribution in [2.45, 2.75) is 47.1 Å². The lowest BCUT2D eigenvalue weighted by Crippen LogP contribution is -2.24. The predicted molar refractivity (Wildman–Crippen MR) is 116 cm³/mol. The largest absolute Gasteiger partial charge is 0.461 e. The Morgan fingerprint density at radius 1 is 1.03 bits per heavy atom. The van der Waals surface area contributed by atoms with Crippen molar-refractivity contribution >= 4 is 27.8 Å². The molecule has 0 saturated heterocycles. The van der Waals surface area contributed by atoms with Gasteiger partial charge in [-0.05, 0) is 62.9 Å². The van der Waals surface area contributed by atoms with Crippen LogP contribution in [0.4, 0.5) is 0 Å². The molecule has 0 spiro atoms. The van der Waals surface area contributed by atoms with Gasteiger partial charge in [-0.15, -0.1) is 0 Å². The van der Waals surface area contributed by atoms with Crippen LogP contribution in [0, 0.1) is 27.7 Å². The number of hydrogen-bond acceptors (Lipinski definition) is 5. The Morgan fingerprint density at radius 3 is 2.50 bits per heavy atom. The van der Waals surface area contributed by atoms with E-state index < -0.39 is 5.63 Å². The molecule has 4 aromatic rings. The molecule has 1 amide bonds. The molecule has 0 radical (unpaired) electrons. The number of nitrogens with zero attached hydrogens (tertiary/aromatic N) is 1. The number of hydrogen-bond donors (Lipinski definition) is 1. The molecule has 0 aliphatic rings. The minimum Gasteiger partial charge on any atom is -0.461 e. The fourth-order valence-corrected chi connectivity index (χ4v) is 3.81. The number of carbonyl (C=O) groups is 1. The molecule has 0 fully saturated rings. The Hall–Kier alpha value is -3.41. The lowest BCUT2D eigenvalue weighted by atomic mass is 9.98. The van der Waals surface area contributed by atoms with Crippen molar-refractivity contribution in [3.05, 3.63) is 74.6 Å². The van der Waals surface area contributed by atoms with Crippen LogP contribution >= 0.6 is 0 Å². The molecular formula is C24H24N2O4. The molecule has 0 unspecified atom stereocenters. The highest BCUT2D eigenvalue weighted by atomic mass is 16.4. The maximum atomic E-state index is 12.7. The summed E-state index contributed by atoms with van der Waals surface area (Å²) in [5, 5.41) is 4.77. The second-order valence-corrected chi connectivity index (χ2v) is 7.67. The van der Waals surface area contributed by atoms with Gasteiger partial charge in [-0.25, -0.2) is 4.79 Å². The summed E-state index contributed by atoms with van der Waals surface area (Å²) in [5.41, 5.74) is 5.11. The summed E-state index contributed by atoms with van der Waals surface area (Å²) in [6.07, 6.45) is 3.94. The standard InChI is InChI=1S/C24H24N2O4/c1-13-16(4)29-22-15(3)23-20(10-19(13)22)14(2)18(24(28)30-23)7-8-21(27)26-12-17-6-5-9-25-11-17/h5-6,9-11H,7-8,12H2,1-4H3,(H,26,27). The van der Waals surface area contributed by atoms with Gasteiger partial charge < -0.3 is 14.2 Å². The lowest BCUT2D eigenvalue weighted by Gasteiger charge is -2.10. The zero-order chi connectivity index (χ0) is 21.4. The monoisotopic (exact) mass is 404 g/mol. The molecule has 1 aromatic carbocycles. The van der Waals surface area contributed by atoms with E-state index in [4.69, 9.17) is 8.83 Å². The Bertz CT molecular complexity index is 1320. The van der Waals surface area contributed by atoms with Crippen molar-refractivity contribution in [3.63, 3.8) is 0 Å². The summed E-state index contributed by atoms with van der Waals surface area (Å²) >= 11 is 0. The van der Waals surface area contributed by atoms with Crippen LogP contribution in [-0.2, 0) is 17.8 Å². The van der Waals surface area contributed by atoms with Crippen molar-refractivity contribution in [2.24, 2.45) is 0 Å². The molecule has 6 heteroatoms. The number of benzene rings is 1. The van der Waals surface area contributed by atoms with Gasteiger partial charge in [-0.3, -0.25) is 9.78 Å². The van der Waals surface area contributed by atoms with Gasteiger partial charge in [0.15, 0.2) is 0 Å². The molecule has 4 rings (SSSR count). The Kier molecular flexibility index (Phi) is 5.16. The first-order chi connectivity index (χ1) is 14.4. The number of rotatable bonds is 5. The molecule has 0 aliphatic heterocycles. The van der Waals surface area contributed by atoms with E-state index in [1.54, 1.807) is 12.4 Å². The van der Waals surface area contributed by atoms with Crippen LogP contribution in [0.1, 0.15) is 40.0 Å². The number of aryl methyl sites for hydroxylation is 4. The molecular weight excluding hydrogens is 380 g/mol. The van der Waals surface area contributed by atoms with Crippen LogP contribution in [0.2, 0.25) is 0 Å². The summed E-state index contributed by atoms with van der Waals surface area (Å²) in [7, 11) is 0. The zero-order valence-corrected chi connectivity index (χ0v) is 17.6. The summed E-state index contributed by atoms with van der Waals surface area (Å²) in [6.45, 7) is 8.18. The Morgan fingerprint density at radius 2 is 1.77 bits per heavy atom. The van der Waals surface area contributed by atoms with Crippen LogP contribution in [-0.4, -0.2) is 10.9 Å². The number of furan rings is 1. The smallest absolute Gasteiger partial charge is 0.339 e. The normalized spacial score (nSPS) is 11.3. The number of nitrogens with one attached hydrogen (secondary N) is 1. The molecule has 154 valence electrons. The average molecular weight is 404 g/mol. The number of amides is 1. The maximum Gasteiger partial charge on any atom is 0.339 e. The van der Waals surface area contributed by atoms with Crippen LogP contribution < -0.4 is 10.9 Å². The van der Waals surface area contributed by atoms with E-state index in [0.29, 0.717) is 24.1 Å². The van der Waals surface area contributed by atoms with Gasteiger partial charge in [0.2, 0.25) is 5.91 Å². The van der Waals surface area contributed by atoms with Gasteiger partial charge in [-0.1, -0.05) is 6.07 Å². The summed E-state index contributed by atoms with van der Waals surface area (Å²) in [6, 6.07) is 5.75. The van der Waals surface area contributed by atoms with Gasteiger partial charge in [0.25, 0.3) is 0 Å². The van der Waals surface area contributed by atoms with Crippen molar-refractivity contribution in [1.29, 1.82) is 0 Å². The third-order valence-electron chi connectivity index (χ3n) is 5.76. The fraction of sp³-hybridized carbons (Fsp3) is 0.292. The quantitative estimate of drug-likeness (QED) is 0.498. The van der Waals surface area contributed by atoms with Crippen LogP contribution in [0.5, 0.6) is 0 Å². The minimum atomic E-state index is -0.400. The molecule has 0 aliphatic carbocycles. The second-order valence-electron chi connectivity index (χ2n) is 7.67. The first-order valence-corrected chi connectivity index (χ1v) is 9.98. The summed E-state index contributed by atoms with van der Waals surface area (Å²) in [4.78, 5) is 29.0. The molecule has 3 heterocycles. The second kappa shape index (κ2) is 7.78. The summed E-state index contributed by atoms with van der Waals surface area (Å²) in [5.74, 6) is 0.736. The van der Waals surface area contributed by atoms with E-state index in [0.717, 1.165) is 44.4 Å². The average Bonchev–Trinajstić information content (AvgIpc) is 3.02. The van der Waals surface area contributed by atoms with E-state index in [1.165, 1.54) is 0 Å². The molecule has 30 heavy (non-hydrogen) atoms. The van der Waals surface area contributed by atoms with E-state index in [1.807, 2.05) is 45.9 Å². The van der Waals surface area contributed by atoms with Crippen molar-refractivity contribution < 1.29 is 13.6 Å². The highest BCUT2D eigenvalue weighted by molar-refractivity contribution is 6.00. The minimum absolute atomic E-state index is 0.120. The van der Waals surface area contributed by atoms with Crippen LogP contribution in [0.25, 0.3) is 21.9 Å². The van der Waals surface area contributed by atoms with Crippen molar-refractivity contribution in [2.75, 3.05) is 0 Å². The van der Waals surface area contributed by atoms with Gasteiger partial charge in [-0.2, -0.15) is 0 Å². The van der Waals surface area contributed by atoms with Gasteiger partial charge in [0.05, 0.1) is 0 Å². The van der Waals surface area contributed by atoms with Crippen molar-refractivity contribution in [1.82, 2.24) is 10.3 Å². The first kappa shape index (κ1) is 19.9. The molecule has 3 aromatic heterocycles. The highest BCUT2D eigenvalue weighted by Gasteiger charge is 2.19. The predicted octanol–water partition coefficient (Wildman–Crippen LogP) is 4.42. The molecule has 1 N–H and O–H groups in total. The van der Waals surface area contributed by atoms with E-state index in [2.05, 4.69) is 10.3 Å². The van der Waals surface area contributed by atoms with E-state index in [-0.39, 0.29) is 12.3 Å². The number of pyridine rings is 1. The van der Waals surface area contributed by atoms with Gasteiger partial charge in [0, 0.05) is 47.3 Å². The zero-order valence-electron chi connectivity index (χ0n) is 17.6. The maximum absolute atomic E-state index is 12.7. The number of carbonyl (C=O) groups excluding carboxylic acids is 1. The fourth-order valence-electron chi connectivity index (χ4n) is 3.81. The molecule has 0 saturated carbocycles. The third-order valence-corrected chi connectivity index (χ3v) is 5.76. The summed E-state index contributed by atoms with van der Waals surface area (Å²) < 4.78 is 11.5. The first-order valence-electron chi connectivity index (χ1n) is 9.98. The van der Waals surface area contributed by atoms with E-state index in [9.17, 15) is 9.59 Å². The topological polar surface area (TPSA) is 85.3 Å². The Labute approximate surface area is 173 Å². The Balaban J connectivity index is 1.61. The number of fused-ring (bicyclic) bond motifs is 2. The van der Waals surface area contributed by atoms with Crippen molar-refractivity contribution in [3.8, 4) is 0 Å². The molecule has 0 bridgehead atoms. The van der Waals surface area contributed by atoms with Gasteiger partial charge in [0.1, 0.15) is 16.9 Å².